The molecule has 0 aliphatic carbocycles. The number of nitrogens with zero attached hydrogens (tertiary/aromatic N) is 3. The molecule has 1 heterocycles. The summed E-state index contributed by atoms with van der Waals surface area (Å²) in [5, 5.41) is 11.0. The number of thiazole rings is 1. The Bertz CT molecular complexity index is 816. The molecule has 2 aromatic rings. The third-order valence-electron chi connectivity index (χ3n) is 3.86. The minimum absolute atomic E-state index is 0.00727. The Balaban J connectivity index is 2.23. The number of methoxy groups -OCH3 is 1. The summed E-state index contributed by atoms with van der Waals surface area (Å²) < 4.78 is 4.78. The Hall–Kier alpha value is -2.81. The highest BCUT2D eigenvalue weighted by molar-refractivity contribution is 7.16. The van der Waals surface area contributed by atoms with Crippen molar-refractivity contribution in [1.29, 1.82) is 0 Å². The topological polar surface area (TPSA) is 103 Å². The van der Waals surface area contributed by atoms with E-state index in [1.807, 2.05) is 13.8 Å². The van der Waals surface area contributed by atoms with Gasteiger partial charge in [-0.25, -0.2) is 9.78 Å². The van der Waals surface area contributed by atoms with Crippen molar-refractivity contribution in [3.05, 3.63) is 45.6 Å². The Morgan fingerprint density at radius 1 is 1.27 bits per heavy atom. The van der Waals surface area contributed by atoms with Gasteiger partial charge in [0.25, 0.3) is 11.6 Å². The van der Waals surface area contributed by atoms with Crippen LogP contribution in [-0.4, -0.2) is 46.9 Å². The first-order chi connectivity index (χ1) is 12.3. The number of aromatic nitrogens is 1. The first-order valence-corrected chi connectivity index (χ1v) is 8.63. The van der Waals surface area contributed by atoms with E-state index in [0.717, 1.165) is 16.9 Å². The van der Waals surface area contributed by atoms with E-state index in [0.29, 0.717) is 4.88 Å². The van der Waals surface area contributed by atoms with Crippen molar-refractivity contribution in [2.24, 2.45) is 5.92 Å². The van der Waals surface area contributed by atoms with Crippen molar-refractivity contribution >= 4 is 28.9 Å². The van der Waals surface area contributed by atoms with E-state index in [1.54, 1.807) is 12.1 Å². The summed E-state index contributed by atoms with van der Waals surface area (Å²) in [6, 6.07) is 5.30. The van der Waals surface area contributed by atoms with Gasteiger partial charge in [0.1, 0.15) is 6.04 Å². The molecule has 1 aromatic carbocycles. The highest BCUT2D eigenvalue weighted by Gasteiger charge is 2.32. The number of esters is 1. The molecule has 0 bridgehead atoms. The van der Waals surface area contributed by atoms with Gasteiger partial charge in [-0.2, -0.15) is 0 Å². The third kappa shape index (κ3) is 4.05. The van der Waals surface area contributed by atoms with Crippen LogP contribution in [0.15, 0.2) is 30.5 Å². The molecule has 2 rings (SSSR count). The van der Waals surface area contributed by atoms with Crippen LogP contribution in [0.2, 0.25) is 0 Å². The van der Waals surface area contributed by atoms with Gasteiger partial charge in [0, 0.05) is 25.4 Å². The number of amides is 1. The zero-order chi connectivity index (χ0) is 19.4. The lowest BCUT2D eigenvalue weighted by Gasteiger charge is -2.28. The average molecular weight is 377 g/mol. The van der Waals surface area contributed by atoms with Gasteiger partial charge >= 0.3 is 5.97 Å². The number of nitro groups is 1. The van der Waals surface area contributed by atoms with Crippen LogP contribution >= 0.6 is 11.3 Å². The SMILES string of the molecule is COC(=O)C(C(C)C)N(C)C(=O)c1ncc(-c2ccc([N+](=O)[O-])cc2)s1. The van der Waals surface area contributed by atoms with Crippen molar-refractivity contribution in [3.63, 3.8) is 0 Å². The van der Waals surface area contributed by atoms with Gasteiger partial charge in [0.15, 0.2) is 5.01 Å². The van der Waals surface area contributed by atoms with Crippen LogP contribution in [0, 0.1) is 16.0 Å². The van der Waals surface area contributed by atoms with Gasteiger partial charge in [-0.05, 0) is 23.6 Å². The molecule has 1 amide bonds. The first kappa shape index (κ1) is 19.5. The van der Waals surface area contributed by atoms with Gasteiger partial charge in [-0.1, -0.05) is 13.8 Å². The number of hydrogen-bond acceptors (Lipinski definition) is 7. The molecule has 0 fully saturated rings. The lowest BCUT2D eigenvalue weighted by atomic mass is 10.0. The van der Waals surface area contributed by atoms with E-state index in [1.165, 1.54) is 37.4 Å². The van der Waals surface area contributed by atoms with Crippen LogP contribution < -0.4 is 0 Å². The molecule has 1 aromatic heterocycles. The van der Waals surface area contributed by atoms with Crippen LogP contribution in [0.25, 0.3) is 10.4 Å². The maximum Gasteiger partial charge on any atom is 0.328 e. The number of likely N-dealkylation sites (N-methyl/N-ethyl adjacent to an activating group) is 1. The van der Waals surface area contributed by atoms with Gasteiger partial charge < -0.3 is 9.64 Å². The summed E-state index contributed by atoms with van der Waals surface area (Å²) in [4.78, 5) is 41.1. The molecule has 0 aliphatic rings. The maximum absolute atomic E-state index is 12.7. The summed E-state index contributed by atoms with van der Waals surface area (Å²) >= 11 is 1.16. The minimum Gasteiger partial charge on any atom is -0.467 e. The molecule has 0 saturated heterocycles. The van der Waals surface area contributed by atoms with Crippen molar-refractivity contribution in [3.8, 4) is 10.4 Å². The smallest absolute Gasteiger partial charge is 0.328 e. The molecule has 1 unspecified atom stereocenters. The van der Waals surface area contributed by atoms with Crippen LogP contribution in [0.1, 0.15) is 23.6 Å². The van der Waals surface area contributed by atoms with Crippen molar-refractivity contribution in [1.82, 2.24) is 9.88 Å². The molecule has 26 heavy (non-hydrogen) atoms. The number of hydrogen-bond donors (Lipinski definition) is 0. The summed E-state index contributed by atoms with van der Waals surface area (Å²) in [5.74, 6) is -0.985. The number of rotatable bonds is 6. The number of benzene rings is 1. The predicted molar refractivity (Wildman–Crippen MR) is 96.9 cm³/mol. The molecule has 0 spiro atoms. The monoisotopic (exact) mass is 377 g/mol. The van der Waals surface area contributed by atoms with Gasteiger partial charge in [-0.3, -0.25) is 14.9 Å². The fourth-order valence-corrected chi connectivity index (χ4v) is 3.43. The molecule has 9 heteroatoms. The average Bonchev–Trinajstić information content (AvgIpc) is 3.10. The van der Waals surface area contributed by atoms with Gasteiger partial charge in [0.2, 0.25) is 0 Å². The fraction of sp³-hybridized carbons (Fsp3) is 0.353. The summed E-state index contributed by atoms with van der Waals surface area (Å²) in [6.07, 6.45) is 1.54. The highest BCUT2D eigenvalue weighted by atomic mass is 32.1. The molecule has 0 saturated carbocycles. The molecular formula is C17H19N3O5S. The maximum atomic E-state index is 12.7. The Morgan fingerprint density at radius 2 is 1.88 bits per heavy atom. The molecule has 0 radical (unpaired) electrons. The molecule has 138 valence electrons. The van der Waals surface area contributed by atoms with Gasteiger partial charge in [-0.15, -0.1) is 11.3 Å². The largest absolute Gasteiger partial charge is 0.467 e. The van der Waals surface area contributed by atoms with E-state index in [9.17, 15) is 19.7 Å². The second kappa shape index (κ2) is 8.05. The van der Waals surface area contributed by atoms with Gasteiger partial charge in [0.05, 0.1) is 16.9 Å². The molecule has 0 aliphatic heterocycles. The summed E-state index contributed by atoms with van der Waals surface area (Å²) in [6.45, 7) is 3.66. The van der Waals surface area contributed by atoms with E-state index in [4.69, 9.17) is 4.74 Å². The van der Waals surface area contributed by atoms with E-state index < -0.39 is 16.9 Å². The number of carbonyl (C=O) groups excluding carboxylic acids is 2. The lowest BCUT2D eigenvalue weighted by Crippen LogP contribution is -2.46. The Labute approximate surface area is 154 Å². The number of non-ortho nitro benzene ring substituents is 1. The normalized spacial score (nSPS) is 11.9. The standard InChI is InChI=1S/C17H19N3O5S/c1-10(2)14(17(22)25-4)19(3)16(21)15-18-9-13(26-15)11-5-7-12(8-6-11)20(23)24/h5-10,14H,1-4H3. The van der Waals surface area contributed by atoms with Crippen LogP contribution in [0.3, 0.4) is 0 Å². The number of nitro benzene ring substituents is 1. The predicted octanol–water partition coefficient (Wildman–Crippen LogP) is 2.99. The third-order valence-corrected chi connectivity index (χ3v) is 4.90. The number of carbonyl (C=O) groups is 2. The van der Waals surface area contributed by atoms with E-state index in [-0.39, 0.29) is 22.5 Å². The van der Waals surface area contributed by atoms with Crippen molar-refractivity contribution in [2.45, 2.75) is 19.9 Å². The number of ether oxygens (including phenoxy) is 1. The summed E-state index contributed by atoms with van der Waals surface area (Å²) in [7, 11) is 2.82. The Morgan fingerprint density at radius 3 is 2.38 bits per heavy atom. The second-order valence-corrected chi connectivity index (χ2v) is 6.99. The quantitative estimate of drug-likeness (QED) is 0.436. The minimum atomic E-state index is -0.709. The fourth-order valence-electron chi connectivity index (χ4n) is 2.53. The molecule has 1 atom stereocenters. The zero-order valence-electron chi connectivity index (χ0n) is 14.8. The van der Waals surface area contributed by atoms with Crippen LogP contribution in [0.4, 0.5) is 5.69 Å². The van der Waals surface area contributed by atoms with E-state index >= 15 is 0 Å². The van der Waals surface area contributed by atoms with Crippen molar-refractivity contribution < 1.29 is 19.2 Å². The zero-order valence-corrected chi connectivity index (χ0v) is 15.6. The Kier molecular flexibility index (Phi) is 6.04. The second-order valence-electron chi connectivity index (χ2n) is 5.96. The van der Waals surface area contributed by atoms with E-state index in [2.05, 4.69) is 4.98 Å². The van der Waals surface area contributed by atoms with Crippen LogP contribution in [0.5, 0.6) is 0 Å². The summed E-state index contributed by atoms with van der Waals surface area (Å²) in [5.41, 5.74) is 0.718. The molecular weight excluding hydrogens is 358 g/mol. The molecule has 0 N–H and O–H groups in total. The van der Waals surface area contributed by atoms with Crippen molar-refractivity contribution in [2.75, 3.05) is 14.2 Å². The molecule has 8 nitrogen and oxygen atoms in total. The first-order valence-electron chi connectivity index (χ1n) is 7.82. The lowest BCUT2D eigenvalue weighted by molar-refractivity contribution is -0.384. The highest BCUT2D eigenvalue weighted by Crippen LogP contribution is 2.28. The van der Waals surface area contributed by atoms with Crippen LogP contribution in [-0.2, 0) is 9.53 Å².